The van der Waals surface area contributed by atoms with Crippen LogP contribution in [0.1, 0.15) is 11.3 Å². The second-order valence-electron chi connectivity index (χ2n) is 3.93. The molecule has 1 aromatic rings. The van der Waals surface area contributed by atoms with Gasteiger partial charge in [0.05, 0.1) is 6.61 Å². The molecule has 1 saturated heterocycles. The number of nitrogens with two attached hydrogens (primary N) is 1. The van der Waals surface area contributed by atoms with Crippen molar-refractivity contribution < 1.29 is 9.84 Å². The van der Waals surface area contributed by atoms with E-state index in [4.69, 9.17) is 10.5 Å². The number of nitrogens with one attached hydrogen (secondary N) is 1. The summed E-state index contributed by atoms with van der Waals surface area (Å²) in [6.07, 6.45) is 0.708. The molecule has 1 fully saturated rings. The average Bonchev–Trinajstić information content (AvgIpc) is 2.78. The van der Waals surface area contributed by atoms with Crippen molar-refractivity contribution in [2.24, 2.45) is 0 Å². The zero-order chi connectivity index (χ0) is 10.7. The van der Waals surface area contributed by atoms with Gasteiger partial charge in [-0.15, -0.1) is 11.3 Å². The molecule has 1 aliphatic heterocycles. The number of ether oxygens (including phenoxy) is 1. The maximum absolute atomic E-state index is 9.97. The van der Waals surface area contributed by atoms with E-state index in [9.17, 15) is 5.11 Å². The van der Waals surface area contributed by atoms with Gasteiger partial charge in [0.25, 0.3) is 0 Å². The molecule has 0 spiro atoms. The van der Waals surface area contributed by atoms with E-state index in [0.29, 0.717) is 32.7 Å². The molecule has 4 nitrogen and oxygen atoms in total. The van der Waals surface area contributed by atoms with E-state index in [2.05, 4.69) is 5.32 Å². The summed E-state index contributed by atoms with van der Waals surface area (Å²) >= 11 is 1.63. The van der Waals surface area contributed by atoms with Gasteiger partial charge in [0.15, 0.2) is 0 Å². The van der Waals surface area contributed by atoms with Gasteiger partial charge in [-0.05, 0) is 11.4 Å². The van der Waals surface area contributed by atoms with E-state index in [1.807, 2.05) is 11.4 Å². The first-order chi connectivity index (χ1) is 7.20. The summed E-state index contributed by atoms with van der Waals surface area (Å²) in [6.45, 7) is 2.36. The highest BCUT2D eigenvalue weighted by atomic mass is 32.1. The summed E-state index contributed by atoms with van der Waals surface area (Å²) in [5, 5.41) is 15.2. The number of nitrogen functional groups attached to an aromatic ring is 1. The zero-order valence-corrected chi connectivity index (χ0v) is 9.35. The number of thiophene rings is 1. The number of hydrogen-bond acceptors (Lipinski definition) is 5. The minimum absolute atomic E-state index is 0.430. The Balaban J connectivity index is 1.77. The Morgan fingerprint density at radius 3 is 3.13 bits per heavy atom. The van der Waals surface area contributed by atoms with Crippen LogP contribution in [-0.4, -0.2) is 30.5 Å². The topological polar surface area (TPSA) is 67.5 Å². The highest BCUT2D eigenvalue weighted by molar-refractivity contribution is 7.10. The Hall–Kier alpha value is -0.620. The van der Waals surface area contributed by atoms with Crippen LogP contribution < -0.4 is 11.1 Å². The molecule has 1 aliphatic rings. The van der Waals surface area contributed by atoms with Gasteiger partial charge < -0.3 is 20.9 Å². The standard InChI is InChI=1S/C10H16N2O2S/c11-8-1-4-15-9(8)5-12-6-10(13)2-3-14-7-10/h1,4,12-13H,2-3,5-7,11H2. The van der Waals surface area contributed by atoms with Crippen LogP contribution in [0, 0.1) is 0 Å². The number of anilines is 1. The first-order valence-corrected chi connectivity index (χ1v) is 5.90. The Labute approximate surface area is 93.1 Å². The van der Waals surface area contributed by atoms with Gasteiger partial charge in [-0.2, -0.15) is 0 Å². The van der Waals surface area contributed by atoms with E-state index in [-0.39, 0.29) is 0 Å². The molecule has 0 amide bonds. The molecule has 0 saturated carbocycles. The lowest BCUT2D eigenvalue weighted by atomic mass is 10.0. The summed E-state index contributed by atoms with van der Waals surface area (Å²) in [6, 6.07) is 1.90. The lowest BCUT2D eigenvalue weighted by molar-refractivity contribution is 0.0269. The fourth-order valence-electron chi connectivity index (χ4n) is 1.64. The fraction of sp³-hybridized carbons (Fsp3) is 0.600. The second-order valence-corrected chi connectivity index (χ2v) is 4.93. The van der Waals surface area contributed by atoms with Crippen LogP contribution in [0.15, 0.2) is 11.4 Å². The quantitative estimate of drug-likeness (QED) is 0.705. The molecule has 2 rings (SSSR count). The van der Waals surface area contributed by atoms with Gasteiger partial charge in [-0.3, -0.25) is 0 Å². The average molecular weight is 228 g/mol. The molecular weight excluding hydrogens is 212 g/mol. The summed E-state index contributed by atoms with van der Waals surface area (Å²) in [5.41, 5.74) is 5.88. The van der Waals surface area contributed by atoms with Gasteiger partial charge in [0.1, 0.15) is 5.60 Å². The SMILES string of the molecule is Nc1ccsc1CNCC1(O)CCOC1. The number of hydrogen-bond donors (Lipinski definition) is 3. The minimum Gasteiger partial charge on any atom is -0.398 e. The van der Waals surface area contributed by atoms with Crippen molar-refractivity contribution in [3.8, 4) is 0 Å². The zero-order valence-electron chi connectivity index (χ0n) is 8.53. The van der Waals surface area contributed by atoms with Crippen molar-refractivity contribution in [2.75, 3.05) is 25.5 Å². The third-order valence-corrected chi connectivity index (χ3v) is 3.54. The van der Waals surface area contributed by atoms with Gasteiger partial charge in [-0.25, -0.2) is 0 Å². The highest BCUT2D eigenvalue weighted by Gasteiger charge is 2.31. The maximum Gasteiger partial charge on any atom is 0.103 e. The van der Waals surface area contributed by atoms with E-state index in [0.717, 1.165) is 10.6 Å². The van der Waals surface area contributed by atoms with E-state index >= 15 is 0 Å². The van der Waals surface area contributed by atoms with Crippen LogP contribution in [-0.2, 0) is 11.3 Å². The smallest absolute Gasteiger partial charge is 0.103 e. The summed E-state index contributed by atoms with van der Waals surface area (Å²) < 4.78 is 5.16. The molecule has 1 aromatic heterocycles. The molecule has 0 aromatic carbocycles. The normalized spacial score (nSPS) is 25.9. The van der Waals surface area contributed by atoms with Gasteiger partial charge in [0.2, 0.25) is 0 Å². The minimum atomic E-state index is -0.688. The van der Waals surface area contributed by atoms with Crippen molar-refractivity contribution in [2.45, 2.75) is 18.6 Å². The van der Waals surface area contributed by atoms with Crippen molar-refractivity contribution in [3.63, 3.8) is 0 Å². The molecule has 84 valence electrons. The third-order valence-electron chi connectivity index (χ3n) is 2.60. The summed E-state index contributed by atoms with van der Waals surface area (Å²) in [7, 11) is 0. The van der Waals surface area contributed by atoms with Gasteiger partial charge in [-0.1, -0.05) is 0 Å². The second kappa shape index (κ2) is 4.49. The lowest BCUT2D eigenvalue weighted by Crippen LogP contribution is -2.40. The monoisotopic (exact) mass is 228 g/mol. The van der Waals surface area contributed by atoms with E-state index in [1.54, 1.807) is 11.3 Å². The van der Waals surface area contributed by atoms with Crippen LogP contribution in [0.3, 0.4) is 0 Å². The van der Waals surface area contributed by atoms with Crippen LogP contribution in [0.4, 0.5) is 5.69 Å². The number of rotatable bonds is 4. The molecule has 1 unspecified atom stereocenters. The molecule has 5 heteroatoms. The predicted molar refractivity (Wildman–Crippen MR) is 60.8 cm³/mol. The van der Waals surface area contributed by atoms with Gasteiger partial charge in [0, 0.05) is 36.7 Å². The van der Waals surface area contributed by atoms with Crippen LogP contribution in [0.5, 0.6) is 0 Å². The molecule has 0 radical (unpaired) electrons. The van der Waals surface area contributed by atoms with Crippen LogP contribution >= 0.6 is 11.3 Å². The van der Waals surface area contributed by atoms with Crippen molar-refractivity contribution in [3.05, 3.63) is 16.3 Å². The van der Waals surface area contributed by atoms with Crippen molar-refractivity contribution in [1.29, 1.82) is 0 Å². The fourth-order valence-corrected chi connectivity index (χ4v) is 2.41. The predicted octanol–water partition coefficient (Wildman–Crippen LogP) is 0.571. The van der Waals surface area contributed by atoms with Crippen molar-refractivity contribution in [1.82, 2.24) is 5.32 Å². The molecule has 2 heterocycles. The summed E-state index contributed by atoms with van der Waals surface area (Å²) in [4.78, 5) is 1.12. The van der Waals surface area contributed by atoms with Crippen LogP contribution in [0.2, 0.25) is 0 Å². The Kier molecular flexibility index (Phi) is 3.25. The molecule has 0 bridgehead atoms. The molecule has 0 aliphatic carbocycles. The maximum atomic E-state index is 9.97. The highest BCUT2D eigenvalue weighted by Crippen LogP contribution is 2.20. The largest absolute Gasteiger partial charge is 0.398 e. The first kappa shape index (κ1) is 10.9. The molecular formula is C10H16N2O2S. The van der Waals surface area contributed by atoms with E-state index in [1.165, 1.54) is 0 Å². The first-order valence-electron chi connectivity index (χ1n) is 5.02. The van der Waals surface area contributed by atoms with Crippen molar-refractivity contribution >= 4 is 17.0 Å². The Morgan fingerprint density at radius 2 is 2.53 bits per heavy atom. The number of aliphatic hydroxyl groups is 1. The van der Waals surface area contributed by atoms with Gasteiger partial charge >= 0.3 is 0 Å². The third kappa shape index (κ3) is 2.69. The molecule has 1 atom stereocenters. The molecule has 4 N–H and O–H groups in total. The lowest BCUT2D eigenvalue weighted by Gasteiger charge is -2.20. The van der Waals surface area contributed by atoms with E-state index < -0.39 is 5.60 Å². The Bertz CT molecular complexity index is 321. The van der Waals surface area contributed by atoms with Crippen LogP contribution in [0.25, 0.3) is 0 Å². The Morgan fingerprint density at radius 1 is 1.67 bits per heavy atom. The molecule has 15 heavy (non-hydrogen) atoms. The summed E-state index contributed by atoms with van der Waals surface area (Å²) in [5.74, 6) is 0.